The zero-order valence-electron chi connectivity index (χ0n) is 7.88. The van der Waals surface area contributed by atoms with Gasteiger partial charge in [0.15, 0.2) is 12.1 Å². The zero-order valence-corrected chi connectivity index (χ0v) is 7.88. The van der Waals surface area contributed by atoms with Crippen LogP contribution in [-0.2, 0) is 16.2 Å². The van der Waals surface area contributed by atoms with E-state index in [-0.39, 0.29) is 6.61 Å². The van der Waals surface area contributed by atoms with Crippen molar-refractivity contribution in [1.29, 1.82) is 0 Å². The number of hydrogen-bond acceptors (Lipinski definition) is 5. The Bertz CT molecular complexity index is 403. The molecule has 0 spiro atoms. The van der Waals surface area contributed by atoms with Crippen molar-refractivity contribution in [3.8, 4) is 0 Å². The molecule has 0 aliphatic carbocycles. The van der Waals surface area contributed by atoms with Gasteiger partial charge in [0.05, 0.1) is 6.61 Å². The normalized spacial score (nSPS) is 19.0. The average Bonchev–Trinajstić information content (AvgIpc) is 2.78. The lowest BCUT2D eigenvalue weighted by atomic mass is 10.1. The van der Waals surface area contributed by atoms with Gasteiger partial charge in [0.2, 0.25) is 0 Å². The van der Waals surface area contributed by atoms with Gasteiger partial charge in [0.25, 0.3) is 6.23 Å². The Morgan fingerprint density at radius 1 is 1.60 bits per heavy atom. The van der Waals surface area contributed by atoms with Gasteiger partial charge in [0, 0.05) is 5.56 Å². The fraction of sp³-hybridized carbons (Fsp3) is 0.200. The molecule has 0 saturated carbocycles. The maximum absolute atomic E-state index is 10.4. The largest absolute Gasteiger partial charge is 0.392 e. The summed E-state index contributed by atoms with van der Waals surface area (Å²) in [6, 6.07) is 7.21. The first-order chi connectivity index (χ1) is 7.33. The third-order valence-corrected chi connectivity index (χ3v) is 2.04. The quantitative estimate of drug-likeness (QED) is 0.682. The van der Waals surface area contributed by atoms with Gasteiger partial charge in [-0.25, -0.2) is 0 Å². The van der Waals surface area contributed by atoms with Crippen LogP contribution in [0.1, 0.15) is 11.1 Å². The van der Waals surface area contributed by atoms with E-state index in [1.54, 1.807) is 18.2 Å². The fourth-order valence-electron chi connectivity index (χ4n) is 1.31. The number of aliphatic hydroxyl groups excluding tert-OH is 1. The summed E-state index contributed by atoms with van der Waals surface area (Å²) >= 11 is 0. The van der Waals surface area contributed by atoms with Crippen molar-refractivity contribution < 1.29 is 14.7 Å². The molecule has 1 aliphatic heterocycles. The molecule has 1 heterocycles. The molecule has 0 fully saturated rings. The minimum absolute atomic E-state index is 0.0287. The first kappa shape index (κ1) is 9.67. The molecule has 1 aliphatic rings. The van der Waals surface area contributed by atoms with Crippen LogP contribution in [0.5, 0.6) is 0 Å². The maximum atomic E-state index is 10.4. The lowest BCUT2D eigenvalue weighted by molar-refractivity contribution is -0.117. The second kappa shape index (κ2) is 4.10. The monoisotopic (exact) mass is 206 g/mol. The summed E-state index contributed by atoms with van der Waals surface area (Å²) in [4.78, 5) is 15.2. The second-order valence-corrected chi connectivity index (χ2v) is 3.10. The summed E-state index contributed by atoms with van der Waals surface area (Å²) in [6.07, 6.45) is -0.0790. The highest BCUT2D eigenvalue weighted by atomic mass is 16.7. The lowest BCUT2D eigenvalue weighted by Crippen LogP contribution is -2.30. The number of aldehydes is 1. The van der Waals surface area contributed by atoms with Gasteiger partial charge >= 0.3 is 0 Å². The Hall–Kier alpha value is -1.88. The van der Waals surface area contributed by atoms with Crippen molar-refractivity contribution in [3.05, 3.63) is 35.4 Å². The summed E-state index contributed by atoms with van der Waals surface area (Å²) in [5.74, 6) is 0.502. The van der Waals surface area contributed by atoms with Crippen LogP contribution >= 0.6 is 0 Å². The number of carbonyl (C=O) groups is 1. The molecule has 0 radical (unpaired) electrons. The highest BCUT2D eigenvalue weighted by molar-refractivity contribution is 6.00. The lowest BCUT2D eigenvalue weighted by Gasteiger charge is -2.03. The third-order valence-electron chi connectivity index (χ3n) is 2.04. The standard InChI is InChI=1S/C10H10N2O3/c13-5-7-2-1-3-8(4-7)10-11-9(6-14)15-12-10/h1-4,6,9,13H,5H2,(H,11,12). The van der Waals surface area contributed by atoms with Crippen LogP contribution in [0.3, 0.4) is 0 Å². The number of rotatable bonds is 3. The summed E-state index contributed by atoms with van der Waals surface area (Å²) in [6.45, 7) is -0.0287. The van der Waals surface area contributed by atoms with E-state index in [0.29, 0.717) is 12.1 Å². The highest BCUT2D eigenvalue weighted by Crippen LogP contribution is 2.09. The molecule has 2 rings (SSSR count). The molecule has 78 valence electrons. The van der Waals surface area contributed by atoms with Crippen LogP contribution in [0.15, 0.2) is 29.4 Å². The van der Waals surface area contributed by atoms with Gasteiger partial charge in [-0.2, -0.15) is 0 Å². The van der Waals surface area contributed by atoms with E-state index in [0.717, 1.165) is 11.1 Å². The second-order valence-electron chi connectivity index (χ2n) is 3.10. The van der Waals surface area contributed by atoms with E-state index in [4.69, 9.17) is 9.94 Å². The number of carbonyl (C=O) groups excluding carboxylic acids is 1. The van der Waals surface area contributed by atoms with E-state index in [9.17, 15) is 4.79 Å². The molecule has 0 saturated heterocycles. The molecular formula is C10H10N2O3. The predicted molar refractivity (Wildman–Crippen MR) is 53.0 cm³/mol. The smallest absolute Gasteiger partial charge is 0.254 e. The SMILES string of the molecule is O=CC1NC(c2cccc(CO)c2)=NO1. The van der Waals surface area contributed by atoms with Crippen LogP contribution in [0.25, 0.3) is 0 Å². The Balaban J connectivity index is 2.20. The summed E-state index contributed by atoms with van der Waals surface area (Å²) in [5.41, 5.74) is 1.57. The van der Waals surface area contributed by atoms with Crippen LogP contribution in [0.4, 0.5) is 0 Å². The molecule has 0 aromatic heterocycles. The molecule has 1 unspecified atom stereocenters. The van der Waals surface area contributed by atoms with E-state index in [1.165, 1.54) is 0 Å². The Labute approximate surface area is 86.4 Å². The molecule has 5 heteroatoms. The molecule has 1 aromatic rings. The maximum Gasteiger partial charge on any atom is 0.254 e. The van der Waals surface area contributed by atoms with Crippen molar-refractivity contribution in [2.45, 2.75) is 12.8 Å². The van der Waals surface area contributed by atoms with Crippen LogP contribution in [-0.4, -0.2) is 23.5 Å². The van der Waals surface area contributed by atoms with Crippen LogP contribution in [0, 0.1) is 0 Å². The fourth-order valence-corrected chi connectivity index (χ4v) is 1.31. The minimum Gasteiger partial charge on any atom is -0.392 e. The van der Waals surface area contributed by atoms with Gasteiger partial charge < -0.3 is 15.3 Å². The van der Waals surface area contributed by atoms with Crippen molar-refractivity contribution in [2.24, 2.45) is 5.16 Å². The van der Waals surface area contributed by atoms with E-state index >= 15 is 0 Å². The first-order valence-corrected chi connectivity index (χ1v) is 4.49. The van der Waals surface area contributed by atoms with E-state index < -0.39 is 6.23 Å². The first-order valence-electron chi connectivity index (χ1n) is 4.49. The van der Waals surface area contributed by atoms with Gasteiger partial charge in [-0.1, -0.05) is 23.4 Å². The van der Waals surface area contributed by atoms with E-state index in [1.807, 2.05) is 6.07 Å². The molecule has 2 N–H and O–H groups in total. The molecule has 0 amide bonds. The summed E-state index contributed by atoms with van der Waals surface area (Å²) < 4.78 is 0. The number of benzene rings is 1. The number of aliphatic hydroxyl groups is 1. The highest BCUT2D eigenvalue weighted by Gasteiger charge is 2.19. The van der Waals surface area contributed by atoms with Crippen LogP contribution in [0.2, 0.25) is 0 Å². The third kappa shape index (κ3) is 1.97. The summed E-state index contributed by atoms with van der Waals surface area (Å²) in [7, 11) is 0. The number of nitrogens with one attached hydrogen (secondary N) is 1. The number of oxime groups is 1. The molecular weight excluding hydrogens is 196 g/mol. The van der Waals surface area contributed by atoms with Crippen molar-refractivity contribution in [1.82, 2.24) is 5.32 Å². The summed E-state index contributed by atoms with van der Waals surface area (Å²) in [5, 5.41) is 15.5. The van der Waals surface area contributed by atoms with Crippen LogP contribution < -0.4 is 5.32 Å². The zero-order chi connectivity index (χ0) is 10.7. The molecule has 0 bridgehead atoms. The van der Waals surface area contributed by atoms with E-state index in [2.05, 4.69) is 10.5 Å². The van der Waals surface area contributed by atoms with Gasteiger partial charge in [-0.15, -0.1) is 0 Å². The van der Waals surface area contributed by atoms with Crippen molar-refractivity contribution >= 4 is 12.1 Å². The number of amidine groups is 1. The molecule has 5 nitrogen and oxygen atoms in total. The average molecular weight is 206 g/mol. The molecule has 15 heavy (non-hydrogen) atoms. The Morgan fingerprint density at radius 2 is 2.47 bits per heavy atom. The van der Waals surface area contributed by atoms with Gasteiger partial charge in [0.1, 0.15) is 0 Å². The number of hydrogen-bond donors (Lipinski definition) is 2. The van der Waals surface area contributed by atoms with Crippen molar-refractivity contribution in [2.75, 3.05) is 0 Å². The minimum atomic E-state index is -0.710. The molecule has 1 atom stereocenters. The van der Waals surface area contributed by atoms with Crippen molar-refractivity contribution in [3.63, 3.8) is 0 Å². The molecule has 1 aromatic carbocycles. The predicted octanol–water partition coefficient (Wildman–Crippen LogP) is -0.0147. The van der Waals surface area contributed by atoms with Gasteiger partial charge in [-0.3, -0.25) is 4.79 Å². The number of nitrogens with zero attached hydrogens (tertiary/aromatic N) is 1. The topological polar surface area (TPSA) is 70.9 Å². The Kier molecular flexibility index (Phi) is 2.64. The Morgan fingerprint density at radius 3 is 3.13 bits per heavy atom. The van der Waals surface area contributed by atoms with Gasteiger partial charge in [-0.05, 0) is 11.6 Å².